The van der Waals surface area contributed by atoms with Gasteiger partial charge in [-0.05, 0) is 54.7 Å². The highest BCUT2D eigenvalue weighted by Crippen LogP contribution is 2.15. The normalized spacial score (nSPS) is 11.4. The molecule has 6 nitrogen and oxygen atoms in total. The van der Waals surface area contributed by atoms with E-state index >= 15 is 0 Å². The molecule has 2 heterocycles. The Balaban J connectivity index is 1.78. The first-order valence-electron chi connectivity index (χ1n) is 9.78. The number of nitrogens with zero attached hydrogens (tertiary/aromatic N) is 2. The van der Waals surface area contributed by atoms with Crippen LogP contribution >= 0.6 is 0 Å². The van der Waals surface area contributed by atoms with Gasteiger partial charge in [0.15, 0.2) is 5.52 Å². The Bertz CT molecular complexity index is 1290. The van der Waals surface area contributed by atoms with Gasteiger partial charge in [-0.1, -0.05) is 31.5 Å². The van der Waals surface area contributed by atoms with Gasteiger partial charge >= 0.3 is 11.3 Å². The third-order valence-electron chi connectivity index (χ3n) is 5.03. The minimum atomic E-state index is -0.557. The molecule has 7 heteroatoms. The number of H-pyrrole nitrogens is 2. The molecule has 0 amide bonds. The third kappa shape index (κ3) is 3.94. The fraction of sp³-hybridized carbons (Fsp3) is 0.273. The van der Waals surface area contributed by atoms with E-state index in [2.05, 4.69) is 27.9 Å². The van der Waals surface area contributed by atoms with Gasteiger partial charge in [-0.25, -0.2) is 18.7 Å². The average Bonchev–Trinajstić information content (AvgIpc) is 2.70. The van der Waals surface area contributed by atoms with Crippen molar-refractivity contribution in [2.24, 2.45) is 0 Å². The van der Waals surface area contributed by atoms with Gasteiger partial charge in [0.05, 0.1) is 6.54 Å². The zero-order valence-electron chi connectivity index (χ0n) is 16.2. The topological polar surface area (TPSA) is 82.5 Å². The first-order chi connectivity index (χ1) is 14.0. The lowest BCUT2D eigenvalue weighted by Crippen LogP contribution is -2.40. The molecule has 0 radical (unpaired) electrons. The predicted molar refractivity (Wildman–Crippen MR) is 109 cm³/mol. The summed E-state index contributed by atoms with van der Waals surface area (Å²) in [5, 5.41) is 0. The Hall–Kier alpha value is -3.35. The molecule has 2 aromatic carbocycles. The van der Waals surface area contributed by atoms with Crippen LogP contribution < -0.4 is 15.8 Å². The molecule has 0 spiro atoms. The molecule has 0 aliphatic rings. The molecule has 2 aromatic heterocycles. The summed E-state index contributed by atoms with van der Waals surface area (Å²) in [5.74, 6) is -0.256. The highest BCUT2D eigenvalue weighted by Gasteiger charge is 2.18. The van der Waals surface area contributed by atoms with Crippen molar-refractivity contribution >= 4 is 22.2 Å². The quantitative estimate of drug-likeness (QED) is 0.390. The maximum absolute atomic E-state index is 13.1. The van der Waals surface area contributed by atoms with Crippen LogP contribution in [0.1, 0.15) is 30.9 Å². The number of rotatable bonds is 6. The van der Waals surface area contributed by atoms with E-state index in [9.17, 15) is 14.0 Å². The molecule has 0 saturated heterocycles. The Morgan fingerprint density at radius 2 is 1.76 bits per heavy atom. The van der Waals surface area contributed by atoms with Crippen molar-refractivity contribution in [1.82, 2.24) is 15.0 Å². The number of fused-ring (bicyclic) bond motifs is 2. The number of hydrogen-bond acceptors (Lipinski definition) is 3. The van der Waals surface area contributed by atoms with E-state index in [0.29, 0.717) is 12.2 Å². The van der Waals surface area contributed by atoms with E-state index in [0.717, 1.165) is 47.8 Å². The van der Waals surface area contributed by atoms with Gasteiger partial charge < -0.3 is 0 Å². The van der Waals surface area contributed by atoms with Crippen molar-refractivity contribution in [3.8, 4) is 0 Å². The first-order valence-corrected chi connectivity index (χ1v) is 9.78. The molecule has 0 bridgehead atoms. The van der Waals surface area contributed by atoms with E-state index in [1.807, 2.05) is 16.7 Å². The van der Waals surface area contributed by atoms with E-state index in [4.69, 9.17) is 0 Å². The van der Waals surface area contributed by atoms with Crippen LogP contribution in [-0.2, 0) is 19.4 Å². The molecule has 29 heavy (non-hydrogen) atoms. The lowest BCUT2D eigenvalue weighted by Gasteiger charge is -2.09. The Morgan fingerprint density at radius 1 is 1.00 bits per heavy atom. The number of halogens is 1. The summed E-state index contributed by atoms with van der Waals surface area (Å²) in [6.07, 6.45) is 3.46. The molecule has 0 unspecified atom stereocenters. The van der Waals surface area contributed by atoms with E-state index < -0.39 is 11.2 Å². The predicted octanol–water partition coefficient (Wildman–Crippen LogP) is 2.78. The van der Waals surface area contributed by atoms with Gasteiger partial charge in [-0.3, -0.25) is 9.78 Å². The van der Waals surface area contributed by atoms with Gasteiger partial charge in [-0.2, -0.15) is 4.98 Å². The number of aryl methyl sites for hydroxylation is 3. The van der Waals surface area contributed by atoms with Crippen LogP contribution in [0.4, 0.5) is 4.39 Å². The van der Waals surface area contributed by atoms with Crippen LogP contribution in [0.2, 0.25) is 0 Å². The standard InChI is InChI=1S/C22H21FN4O2/c1-2-4-15-8-11-18-17(13-15)24-19-20(25-22(29)26-21(19)28)27(18)12-3-5-14-6-9-16(23)10-7-14/h6-11,13H,2-5,12H2,1H3,(H,26,28,29)/p+1. The highest BCUT2D eigenvalue weighted by molar-refractivity contribution is 5.79. The molecule has 4 aromatic rings. The van der Waals surface area contributed by atoms with Crippen molar-refractivity contribution in [2.75, 3.05) is 0 Å². The van der Waals surface area contributed by atoms with Crippen LogP contribution in [0.25, 0.3) is 22.2 Å². The Labute approximate surface area is 166 Å². The second kappa shape index (κ2) is 7.95. The van der Waals surface area contributed by atoms with Gasteiger partial charge in [0, 0.05) is 0 Å². The maximum Gasteiger partial charge on any atom is 0.413 e. The number of hydrogen-bond donors (Lipinski definition) is 2. The van der Waals surface area contributed by atoms with Crippen molar-refractivity contribution in [3.05, 3.63) is 80.2 Å². The second-order valence-corrected chi connectivity index (χ2v) is 7.17. The monoisotopic (exact) mass is 393 g/mol. The van der Waals surface area contributed by atoms with Gasteiger partial charge in [0.25, 0.3) is 5.56 Å². The molecular formula is C22H22FN4O2+. The summed E-state index contributed by atoms with van der Waals surface area (Å²) >= 11 is 0. The first kappa shape index (κ1) is 19.0. The van der Waals surface area contributed by atoms with Crippen molar-refractivity contribution in [3.63, 3.8) is 0 Å². The minimum absolute atomic E-state index is 0.215. The van der Waals surface area contributed by atoms with Crippen LogP contribution in [0.3, 0.4) is 0 Å². The van der Waals surface area contributed by atoms with Gasteiger partial charge in [0.2, 0.25) is 5.52 Å². The van der Waals surface area contributed by atoms with Crippen LogP contribution in [0.15, 0.2) is 52.1 Å². The summed E-state index contributed by atoms with van der Waals surface area (Å²) in [4.78, 5) is 33.7. The molecule has 2 N–H and O–H groups in total. The summed E-state index contributed by atoms with van der Waals surface area (Å²) < 4.78 is 15.0. The zero-order chi connectivity index (χ0) is 20.4. The van der Waals surface area contributed by atoms with Crippen molar-refractivity contribution in [2.45, 2.75) is 39.2 Å². The SMILES string of the molecule is CCCc1ccc2c(c1)nc1c(=O)[nH]c(=O)[nH]c1[n+]2CCCc1ccc(F)cc1. The zero-order valence-corrected chi connectivity index (χ0v) is 16.2. The van der Waals surface area contributed by atoms with Crippen molar-refractivity contribution < 1.29 is 8.96 Å². The smallest absolute Gasteiger partial charge is 0.267 e. The molecule has 0 atom stereocenters. The maximum atomic E-state index is 13.1. The lowest BCUT2D eigenvalue weighted by molar-refractivity contribution is -0.648. The van der Waals surface area contributed by atoms with E-state index in [1.54, 1.807) is 12.1 Å². The minimum Gasteiger partial charge on any atom is -0.267 e. The van der Waals surface area contributed by atoms with Gasteiger partial charge in [0.1, 0.15) is 11.3 Å². The molecule has 0 saturated carbocycles. The van der Waals surface area contributed by atoms with Crippen LogP contribution in [0.5, 0.6) is 0 Å². The molecular weight excluding hydrogens is 371 g/mol. The lowest BCUT2D eigenvalue weighted by atomic mass is 10.1. The molecule has 0 aliphatic heterocycles. The second-order valence-electron chi connectivity index (χ2n) is 7.17. The third-order valence-corrected chi connectivity index (χ3v) is 5.03. The van der Waals surface area contributed by atoms with Crippen LogP contribution in [-0.4, -0.2) is 15.0 Å². The molecule has 148 valence electrons. The van der Waals surface area contributed by atoms with Crippen LogP contribution in [0, 0.1) is 5.82 Å². The summed E-state index contributed by atoms with van der Waals surface area (Å²) in [6.45, 7) is 2.70. The largest absolute Gasteiger partial charge is 0.413 e. The number of aromatic amines is 2. The van der Waals surface area contributed by atoms with E-state index in [-0.39, 0.29) is 11.3 Å². The Kier molecular flexibility index (Phi) is 5.20. The number of nitrogens with one attached hydrogen (secondary N) is 2. The summed E-state index contributed by atoms with van der Waals surface area (Å²) in [7, 11) is 0. The molecule has 0 aliphatic carbocycles. The molecule has 0 fully saturated rings. The fourth-order valence-electron chi connectivity index (χ4n) is 3.66. The van der Waals surface area contributed by atoms with Crippen molar-refractivity contribution in [1.29, 1.82) is 0 Å². The highest BCUT2D eigenvalue weighted by atomic mass is 19.1. The summed E-state index contributed by atoms with van der Waals surface area (Å²) in [6, 6.07) is 12.5. The number of benzene rings is 2. The average molecular weight is 393 g/mol. The number of aromatic nitrogens is 4. The fourth-order valence-corrected chi connectivity index (χ4v) is 3.66. The molecule has 4 rings (SSSR count). The van der Waals surface area contributed by atoms with E-state index in [1.165, 1.54) is 12.1 Å². The van der Waals surface area contributed by atoms with Gasteiger partial charge in [-0.15, -0.1) is 0 Å². The Morgan fingerprint density at radius 3 is 2.52 bits per heavy atom. The summed E-state index contributed by atoms with van der Waals surface area (Å²) in [5.41, 5.74) is 3.34.